The molecule has 1 heterocycles. The summed E-state index contributed by atoms with van der Waals surface area (Å²) >= 11 is 0. The number of carbonyl (C=O) groups excluding carboxylic acids is 1. The summed E-state index contributed by atoms with van der Waals surface area (Å²) in [4.78, 5) is 23.4. The van der Waals surface area contributed by atoms with Crippen molar-refractivity contribution in [2.75, 3.05) is 12.4 Å². The number of nitrogens with one attached hydrogen (secondary N) is 1. The second-order valence-corrected chi connectivity index (χ2v) is 7.89. The molecular weight excluding hydrogens is 378 g/mol. The van der Waals surface area contributed by atoms with Crippen LogP contribution < -0.4 is 5.32 Å². The quantitative estimate of drug-likeness (QED) is 0.628. The van der Waals surface area contributed by atoms with Gasteiger partial charge in [-0.2, -0.15) is 0 Å². The number of carbonyl (C=O) groups is 2. The monoisotopic (exact) mass is 399 g/mol. The number of esters is 1. The Hall–Kier alpha value is -3.60. The van der Waals surface area contributed by atoms with E-state index in [1.54, 1.807) is 24.3 Å². The van der Waals surface area contributed by atoms with Gasteiger partial charge in [0.25, 0.3) is 0 Å². The molecule has 0 amide bonds. The first-order valence-corrected chi connectivity index (χ1v) is 9.96. The Balaban J connectivity index is 1.61. The third-order valence-electron chi connectivity index (χ3n) is 6.34. The van der Waals surface area contributed by atoms with Crippen molar-refractivity contribution in [1.82, 2.24) is 0 Å². The van der Waals surface area contributed by atoms with Gasteiger partial charge in [-0.1, -0.05) is 36.4 Å². The molecule has 5 nitrogen and oxygen atoms in total. The number of methoxy groups -OCH3 is 1. The standard InChI is InChI=1S/C25H21NO4/c1-30-25(29)15-8-6-14(7-9-15)23-20-12-16-4-2-3-5-18(16)22(20)19-13-17(24(27)28)10-11-21(19)26-23/h2-11,13,20,22-23,26H,12H2,1H3,(H,27,28)/t20-,22-,23+/m1/s1. The molecule has 0 unspecified atom stereocenters. The van der Waals surface area contributed by atoms with Crippen molar-refractivity contribution in [2.24, 2.45) is 5.92 Å². The molecule has 3 aromatic carbocycles. The molecule has 0 aromatic heterocycles. The molecule has 2 N–H and O–H groups in total. The Morgan fingerprint density at radius 2 is 1.70 bits per heavy atom. The zero-order chi connectivity index (χ0) is 20.8. The molecule has 1 aliphatic carbocycles. The van der Waals surface area contributed by atoms with Crippen molar-refractivity contribution in [3.63, 3.8) is 0 Å². The predicted octanol–water partition coefficient (Wildman–Crippen LogP) is 4.64. The van der Waals surface area contributed by atoms with Gasteiger partial charge in [0, 0.05) is 11.6 Å². The van der Waals surface area contributed by atoms with Crippen LogP contribution in [0, 0.1) is 5.92 Å². The summed E-state index contributed by atoms with van der Waals surface area (Å²) in [5, 5.41) is 13.1. The van der Waals surface area contributed by atoms with Gasteiger partial charge in [-0.15, -0.1) is 0 Å². The van der Waals surface area contributed by atoms with Gasteiger partial charge in [-0.05, 0) is 64.9 Å². The van der Waals surface area contributed by atoms with Crippen molar-refractivity contribution in [2.45, 2.75) is 18.4 Å². The van der Waals surface area contributed by atoms with Crippen LogP contribution in [0.1, 0.15) is 54.9 Å². The van der Waals surface area contributed by atoms with Crippen LogP contribution in [0.3, 0.4) is 0 Å². The summed E-state index contributed by atoms with van der Waals surface area (Å²) in [5.41, 5.74) is 6.49. The molecule has 150 valence electrons. The molecule has 0 saturated carbocycles. The third kappa shape index (κ3) is 2.86. The molecule has 0 spiro atoms. The number of benzene rings is 3. The number of rotatable bonds is 3. The molecule has 0 bridgehead atoms. The molecule has 2 aliphatic rings. The maximum atomic E-state index is 11.8. The van der Waals surface area contributed by atoms with Gasteiger partial charge in [0.2, 0.25) is 0 Å². The molecule has 0 saturated heterocycles. The molecule has 30 heavy (non-hydrogen) atoms. The number of carboxylic acid groups (broad SMARTS) is 1. The Bertz CT molecular complexity index is 1150. The molecular formula is C25H21NO4. The maximum absolute atomic E-state index is 11.8. The summed E-state index contributed by atoms with van der Waals surface area (Å²) in [6, 6.07) is 21.3. The van der Waals surface area contributed by atoms with Crippen molar-refractivity contribution in [1.29, 1.82) is 0 Å². The minimum absolute atomic E-state index is 0.0530. The van der Waals surface area contributed by atoms with E-state index in [2.05, 4.69) is 23.5 Å². The topological polar surface area (TPSA) is 75.6 Å². The Kier molecular flexibility index (Phi) is 4.31. The van der Waals surface area contributed by atoms with E-state index in [9.17, 15) is 14.7 Å². The van der Waals surface area contributed by atoms with Crippen LogP contribution in [0.25, 0.3) is 0 Å². The van der Waals surface area contributed by atoms with Gasteiger partial charge in [0.1, 0.15) is 0 Å². The molecule has 1 aliphatic heterocycles. The average Bonchev–Trinajstić information content (AvgIpc) is 3.17. The molecule has 5 heteroatoms. The lowest BCUT2D eigenvalue weighted by atomic mass is 9.75. The minimum atomic E-state index is -0.916. The summed E-state index contributed by atoms with van der Waals surface area (Å²) < 4.78 is 4.81. The van der Waals surface area contributed by atoms with Crippen molar-refractivity contribution in [3.8, 4) is 0 Å². The van der Waals surface area contributed by atoms with E-state index in [-0.39, 0.29) is 23.8 Å². The fraction of sp³-hybridized carbons (Fsp3) is 0.200. The van der Waals surface area contributed by atoms with Gasteiger partial charge < -0.3 is 15.2 Å². The summed E-state index contributed by atoms with van der Waals surface area (Å²) in [7, 11) is 1.38. The fourth-order valence-electron chi connectivity index (χ4n) is 4.97. The number of hydrogen-bond acceptors (Lipinski definition) is 4. The Morgan fingerprint density at radius 1 is 0.967 bits per heavy atom. The minimum Gasteiger partial charge on any atom is -0.478 e. The van der Waals surface area contributed by atoms with E-state index < -0.39 is 5.97 Å². The summed E-state index contributed by atoms with van der Waals surface area (Å²) in [5.74, 6) is -0.887. The predicted molar refractivity (Wildman–Crippen MR) is 113 cm³/mol. The second-order valence-electron chi connectivity index (χ2n) is 7.89. The zero-order valence-corrected chi connectivity index (χ0v) is 16.5. The van der Waals surface area contributed by atoms with Crippen molar-refractivity contribution >= 4 is 17.6 Å². The number of aromatic carboxylic acids is 1. The van der Waals surface area contributed by atoms with Crippen LogP contribution in [0.5, 0.6) is 0 Å². The van der Waals surface area contributed by atoms with Gasteiger partial charge in [0.15, 0.2) is 0 Å². The highest BCUT2D eigenvalue weighted by molar-refractivity contribution is 5.90. The lowest BCUT2D eigenvalue weighted by Crippen LogP contribution is -2.30. The molecule has 0 radical (unpaired) electrons. The number of fused-ring (bicyclic) bond motifs is 5. The van der Waals surface area contributed by atoms with Crippen LogP contribution in [0.2, 0.25) is 0 Å². The third-order valence-corrected chi connectivity index (χ3v) is 6.34. The average molecular weight is 399 g/mol. The van der Waals surface area contributed by atoms with E-state index in [0.717, 1.165) is 23.2 Å². The van der Waals surface area contributed by atoms with Gasteiger partial charge in [0.05, 0.1) is 24.3 Å². The lowest BCUT2D eigenvalue weighted by molar-refractivity contribution is 0.0599. The first-order chi connectivity index (χ1) is 14.6. The number of hydrogen-bond donors (Lipinski definition) is 2. The molecule has 5 rings (SSSR count). The lowest BCUT2D eigenvalue weighted by Gasteiger charge is -2.38. The highest BCUT2D eigenvalue weighted by Gasteiger charge is 2.43. The second kappa shape index (κ2) is 7.02. The smallest absolute Gasteiger partial charge is 0.337 e. The Labute approximate surface area is 174 Å². The first kappa shape index (κ1) is 18.4. The molecule has 3 aromatic rings. The normalized spacial score (nSPS) is 21.0. The van der Waals surface area contributed by atoms with Crippen LogP contribution in [-0.4, -0.2) is 24.2 Å². The molecule has 0 fully saturated rings. The first-order valence-electron chi connectivity index (χ1n) is 9.96. The van der Waals surface area contributed by atoms with Crippen LogP contribution >= 0.6 is 0 Å². The summed E-state index contributed by atoms with van der Waals surface area (Å²) in [6.45, 7) is 0. The largest absolute Gasteiger partial charge is 0.478 e. The van der Waals surface area contributed by atoms with Gasteiger partial charge in [-0.25, -0.2) is 9.59 Å². The highest BCUT2D eigenvalue weighted by atomic mass is 16.5. The van der Waals surface area contributed by atoms with E-state index in [1.165, 1.54) is 18.2 Å². The zero-order valence-electron chi connectivity index (χ0n) is 16.5. The summed E-state index contributed by atoms with van der Waals surface area (Å²) in [6.07, 6.45) is 0.911. The van der Waals surface area contributed by atoms with E-state index in [4.69, 9.17) is 4.74 Å². The van der Waals surface area contributed by atoms with Crippen molar-refractivity contribution < 1.29 is 19.4 Å². The Morgan fingerprint density at radius 3 is 2.43 bits per heavy atom. The van der Waals surface area contributed by atoms with Gasteiger partial charge >= 0.3 is 11.9 Å². The van der Waals surface area contributed by atoms with Gasteiger partial charge in [-0.3, -0.25) is 0 Å². The number of ether oxygens (including phenoxy) is 1. The number of carboxylic acids is 1. The van der Waals surface area contributed by atoms with Crippen LogP contribution in [0.4, 0.5) is 5.69 Å². The molecule has 3 atom stereocenters. The van der Waals surface area contributed by atoms with Crippen LogP contribution in [-0.2, 0) is 11.2 Å². The van der Waals surface area contributed by atoms with E-state index >= 15 is 0 Å². The maximum Gasteiger partial charge on any atom is 0.337 e. The van der Waals surface area contributed by atoms with E-state index in [1.807, 2.05) is 24.3 Å². The fourth-order valence-corrected chi connectivity index (χ4v) is 4.97. The highest BCUT2D eigenvalue weighted by Crippen LogP contribution is 2.53. The number of anilines is 1. The van der Waals surface area contributed by atoms with Crippen molar-refractivity contribution in [3.05, 3.63) is 100 Å². The SMILES string of the molecule is COC(=O)c1ccc([C@@H]2Nc3ccc(C(=O)O)cc3[C@H]3c4ccccc4C[C@H]32)cc1. The van der Waals surface area contributed by atoms with E-state index in [0.29, 0.717) is 11.1 Å². The van der Waals surface area contributed by atoms with Crippen LogP contribution in [0.15, 0.2) is 66.7 Å².